The zero-order valence-corrected chi connectivity index (χ0v) is 5.99. The van der Waals surface area contributed by atoms with Gasteiger partial charge >= 0.3 is 0 Å². The van der Waals surface area contributed by atoms with E-state index in [1.807, 2.05) is 0 Å². The lowest BCUT2D eigenvalue weighted by Crippen LogP contribution is -1.82. The van der Waals surface area contributed by atoms with Gasteiger partial charge in [-0.1, -0.05) is 0 Å². The van der Waals surface area contributed by atoms with Crippen LogP contribution in [0, 0.1) is 0 Å². The third-order valence-corrected chi connectivity index (χ3v) is 3.57. The van der Waals surface area contributed by atoms with E-state index in [9.17, 15) is 0 Å². The Morgan fingerprint density at radius 2 is 2.14 bits per heavy atom. The van der Waals surface area contributed by atoms with E-state index in [-0.39, 0.29) is 0 Å². The Balaban J connectivity index is 3.85. The highest BCUT2D eigenvalue weighted by molar-refractivity contribution is 8.16. The monoisotopic (exact) mass is 142 g/mol. The summed E-state index contributed by atoms with van der Waals surface area (Å²) in [5.41, 5.74) is 0. The van der Waals surface area contributed by atoms with E-state index in [0.29, 0.717) is 10.9 Å². The van der Waals surface area contributed by atoms with Gasteiger partial charge in [0.05, 0.1) is 0 Å². The summed E-state index contributed by atoms with van der Waals surface area (Å²) in [4.78, 5) is 17.1. The van der Waals surface area contributed by atoms with Gasteiger partial charge in [0.1, 0.15) is 0 Å². The summed E-state index contributed by atoms with van der Waals surface area (Å²) in [5, 5.41) is 0. The first-order valence-electron chi connectivity index (χ1n) is 1.64. The second kappa shape index (κ2) is 2.90. The highest BCUT2D eigenvalue weighted by Gasteiger charge is 1.99. The van der Waals surface area contributed by atoms with Gasteiger partial charge in [0.15, 0.2) is 0 Å². The van der Waals surface area contributed by atoms with E-state index < -0.39 is 6.72 Å². The van der Waals surface area contributed by atoms with E-state index in [2.05, 4.69) is 4.44 Å². The predicted octanol–water partition coefficient (Wildman–Crippen LogP) is -1.34. The maximum absolute atomic E-state index is 8.56. The van der Waals surface area contributed by atoms with Crippen molar-refractivity contribution in [2.24, 2.45) is 0 Å². The van der Waals surface area contributed by atoms with Gasteiger partial charge in [0.25, 0.3) is 14.8 Å². The third-order valence-electron chi connectivity index (χ3n) is 0.505. The minimum Gasteiger partial charge on any atom is -0.384 e. The molecule has 0 rings (SSSR count). The summed E-state index contributed by atoms with van der Waals surface area (Å²) in [6.07, 6.45) is 1.64. The van der Waals surface area contributed by atoms with Crippen molar-refractivity contribution in [2.45, 2.75) is 0 Å². The van der Waals surface area contributed by atoms with E-state index in [0.717, 1.165) is 0 Å². The normalized spacial score (nSPS) is 11.9. The maximum Gasteiger partial charge on any atom is 0.269 e. The molecule has 0 aliphatic carbocycles. The quantitative estimate of drug-likeness (QED) is 0.241. The summed E-state index contributed by atoms with van der Waals surface area (Å²) in [7, 11) is 1.79. The standard InChI is InChI=1S/CH8BO3PS/c1-7-6(3,4)5-2/h3-4,7H,2H2,1H3. The minimum absolute atomic E-state index is 0.506. The van der Waals surface area contributed by atoms with Crippen LogP contribution in [0.3, 0.4) is 0 Å². The molecule has 3 nitrogen and oxygen atoms in total. The van der Waals surface area contributed by atoms with Crippen LogP contribution in [0.5, 0.6) is 0 Å². The van der Waals surface area contributed by atoms with Crippen molar-refractivity contribution in [3.8, 4) is 0 Å². The molecule has 0 bridgehead atoms. The lowest BCUT2D eigenvalue weighted by Gasteiger charge is -2.05. The van der Waals surface area contributed by atoms with E-state index in [1.165, 1.54) is 8.05 Å². The van der Waals surface area contributed by atoms with Crippen LogP contribution in [0.4, 0.5) is 0 Å². The summed E-state index contributed by atoms with van der Waals surface area (Å²) < 4.78 is 4.30. The molecule has 0 heterocycles. The predicted molar refractivity (Wildman–Crippen MR) is 35.7 cm³/mol. The Bertz CT molecular complexity index is 97.1. The molecule has 0 unspecified atom stereocenters. The molecule has 0 saturated carbocycles. The van der Waals surface area contributed by atoms with Gasteiger partial charge in [-0.3, -0.25) is 0 Å². The Hall–Kier alpha value is 0.725. The molecule has 0 amide bonds. The van der Waals surface area contributed by atoms with E-state index in [1.54, 1.807) is 6.26 Å². The summed E-state index contributed by atoms with van der Waals surface area (Å²) >= 11 is 0. The van der Waals surface area contributed by atoms with Crippen molar-refractivity contribution in [1.29, 1.82) is 0 Å². The second-order valence-electron chi connectivity index (χ2n) is 0.896. The molecular formula is CH8BO3PS. The van der Waals surface area contributed by atoms with Crippen molar-refractivity contribution in [3.63, 3.8) is 0 Å². The molecule has 0 saturated heterocycles. The van der Waals surface area contributed by atoms with E-state index >= 15 is 0 Å². The molecule has 0 fully saturated rings. The molecule has 0 aromatic carbocycles. The zero-order valence-electron chi connectivity index (χ0n) is 4.20. The highest BCUT2D eigenvalue weighted by Crippen LogP contribution is 2.36. The molecular weight excluding hydrogens is 134 g/mol. The molecule has 0 aliphatic rings. The maximum atomic E-state index is 8.56. The first kappa shape index (κ1) is 7.72. The highest BCUT2D eigenvalue weighted by atomic mass is 32.5. The van der Waals surface area contributed by atoms with Crippen molar-refractivity contribution in [1.82, 2.24) is 0 Å². The number of thiol groups is 1. The van der Waals surface area contributed by atoms with Crippen LogP contribution in [0.25, 0.3) is 0 Å². The van der Waals surface area contributed by atoms with Crippen LogP contribution >= 0.6 is 6.72 Å². The van der Waals surface area contributed by atoms with Gasteiger partial charge < -0.3 is 14.2 Å². The number of hydrogen-bond donors (Lipinski definition) is 3. The molecule has 0 spiro atoms. The Morgan fingerprint density at radius 3 is 2.14 bits per heavy atom. The molecule has 0 aromatic rings. The van der Waals surface area contributed by atoms with Gasteiger partial charge in [-0.25, -0.2) is 0 Å². The van der Waals surface area contributed by atoms with Gasteiger partial charge in [-0.2, -0.15) is 0 Å². The fraction of sp³-hybridized carbons (Fsp3) is 1.00. The Kier molecular flexibility index (Phi) is 3.20. The van der Waals surface area contributed by atoms with Crippen molar-refractivity contribution >= 4 is 25.7 Å². The largest absolute Gasteiger partial charge is 0.384 e. The van der Waals surface area contributed by atoms with Crippen LogP contribution in [-0.2, 0) is 15.4 Å². The smallest absolute Gasteiger partial charge is 0.269 e. The molecule has 6 heteroatoms. The fourth-order valence-electron chi connectivity index (χ4n) is 0.0816. The van der Waals surface area contributed by atoms with Gasteiger partial charge in [-0.15, -0.1) is 10.9 Å². The average Bonchev–Trinajstić information content (AvgIpc) is 1.68. The Labute approximate surface area is 47.0 Å². The van der Waals surface area contributed by atoms with Gasteiger partial charge in [0, 0.05) is 0 Å². The average molecular weight is 142 g/mol. The zero-order chi connectivity index (χ0) is 5.91. The van der Waals surface area contributed by atoms with Crippen LogP contribution in [0.15, 0.2) is 0 Å². The summed E-state index contributed by atoms with van der Waals surface area (Å²) in [6.45, 7) is -2.93. The number of rotatable bonds is 1. The van der Waals surface area contributed by atoms with Crippen LogP contribution in [-0.4, -0.2) is 24.1 Å². The minimum atomic E-state index is -2.93. The van der Waals surface area contributed by atoms with Crippen LogP contribution in [0.2, 0.25) is 0 Å². The van der Waals surface area contributed by atoms with Crippen LogP contribution in [0.1, 0.15) is 0 Å². The molecule has 0 aromatic heterocycles. The van der Waals surface area contributed by atoms with E-state index in [4.69, 9.17) is 9.79 Å². The summed E-state index contributed by atoms with van der Waals surface area (Å²) in [5.74, 6) is 0. The second-order valence-corrected chi connectivity index (χ2v) is 5.45. The first-order valence-corrected chi connectivity index (χ1v) is 5.30. The molecule has 2 N–H and O–H groups in total. The first-order chi connectivity index (χ1) is 3.12. The third kappa shape index (κ3) is 3.32. The van der Waals surface area contributed by atoms with Gasteiger partial charge in [0.2, 0.25) is 0 Å². The lowest BCUT2D eigenvalue weighted by molar-refractivity contribution is 0.384. The number of hydrogen-bond acceptors (Lipinski definition) is 1. The summed E-state index contributed by atoms with van der Waals surface area (Å²) in [6, 6.07) is 0. The van der Waals surface area contributed by atoms with Gasteiger partial charge in [-0.05, 0) is 6.26 Å². The SMILES string of the molecule is BOP(O)(O)=[SH]C. The molecule has 0 atom stereocenters. The molecule has 0 aliphatic heterocycles. The van der Waals surface area contributed by atoms with Crippen molar-refractivity contribution in [2.75, 3.05) is 6.26 Å². The topological polar surface area (TPSA) is 49.7 Å². The van der Waals surface area contributed by atoms with Crippen molar-refractivity contribution < 1.29 is 14.2 Å². The molecule has 0 radical (unpaired) electrons. The Morgan fingerprint density at radius 1 is 1.71 bits per heavy atom. The van der Waals surface area contributed by atoms with Crippen molar-refractivity contribution in [3.05, 3.63) is 0 Å². The molecule has 44 valence electrons. The van der Waals surface area contributed by atoms with Crippen LogP contribution < -0.4 is 0 Å². The molecule has 7 heavy (non-hydrogen) atoms. The fourth-order valence-corrected chi connectivity index (χ4v) is 0.735. The lowest BCUT2D eigenvalue weighted by atomic mass is 10.6.